The summed E-state index contributed by atoms with van der Waals surface area (Å²) in [5, 5.41) is 14.4. The second-order valence-electron chi connectivity index (χ2n) is 8.41. The number of aromatic amines is 1. The molecule has 0 atom stereocenters. The summed E-state index contributed by atoms with van der Waals surface area (Å²) < 4.78 is 0. The van der Waals surface area contributed by atoms with Gasteiger partial charge < -0.3 is 15.1 Å². The van der Waals surface area contributed by atoms with E-state index >= 15 is 0 Å². The number of H-pyrrole nitrogens is 1. The highest BCUT2D eigenvalue weighted by Gasteiger charge is 2.35. The van der Waals surface area contributed by atoms with Crippen LogP contribution in [-0.2, 0) is 9.59 Å². The summed E-state index contributed by atoms with van der Waals surface area (Å²) in [6, 6.07) is 4.60. The first kappa shape index (κ1) is 19.0. The zero-order valence-electron chi connectivity index (χ0n) is 17.0. The topological polar surface area (TPSA) is 97.5 Å². The zero-order valence-corrected chi connectivity index (χ0v) is 17.0. The molecule has 1 aromatic carbocycles. The molecule has 3 aliphatic rings. The standard InChI is InChI=1S/C21H27N7O2/c1-2-19(29)28-12-16(13-28)26-5-7-27(8-6-26)20(30)11-22-17-9-15(14-3-4-14)10-18-21(17)24-25-23-18/h2,9-10,14,16,22H,1,3-8,11-13H2,(H,23,24,25). The van der Waals surface area contributed by atoms with Crippen molar-refractivity contribution >= 4 is 28.5 Å². The average Bonchev–Trinajstić information content (AvgIpc) is 3.48. The summed E-state index contributed by atoms with van der Waals surface area (Å²) in [7, 11) is 0. The van der Waals surface area contributed by atoms with E-state index in [9.17, 15) is 9.59 Å². The molecule has 2 N–H and O–H groups in total. The zero-order chi connectivity index (χ0) is 20.7. The van der Waals surface area contributed by atoms with E-state index < -0.39 is 0 Å². The van der Waals surface area contributed by atoms with Crippen LogP contribution in [0.5, 0.6) is 0 Å². The number of aromatic nitrogens is 3. The fraction of sp³-hybridized carbons (Fsp3) is 0.524. The van der Waals surface area contributed by atoms with Crippen LogP contribution in [0.4, 0.5) is 5.69 Å². The van der Waals surface area contributed by atoms with Crippen molar-refractivity contribution in [3.63, 3.8) is 0 Å². The van der Waals surface area contributed by atoms with Crippen LogP contribution in [-0.4, -0.2) is 93.8 Å². The summed E-state index contributed by atoms with van der Waals surface area (Å²) in [6.45, 7) is 8.42. The van der Waals surface area contributed by atoms with Crippen molar-refractivity contribution in [3.05, 3.63) is 30.4 Å². The summed E-state index contributed by atoms with van der Waals surface area (Å²) >= 11 is 0. The summed E-state index contributed by atoms with van der Waals surface area (Å²) in [5.74, 6) is 0.706. The number of anilines is 1. The Morgan fingerprint density at radius 2 is 1.90 bits per heavy atom. The van der Waals surface area contributed by atoms with E-state index in [1.807, 2.05) is 4.90 Å². The Hall–Kier alpha value is -2.94. The van der Waals surface area contributed by atoms with E-state index in [0.29, 0.717) is 25.0 Å². The predicted octanol–water partition coefficient (Wildman–Crippen LogP) is 0.788. The van der Waals surface area contributed by atoms with Crippen LogP contribution in [0.25, 0.3) is 11.0 Å². The van der Waals surface area contributed by atoms with Crippen molar-refractivity contribution < 1.29 is 9.59 Å². The molecule has 2 saturated heterocycles. The van der Waals surface area contributed by atoms with Gasteiger partial charge in [0.05, 0.1) is 12.2 Å². The Bertz CT molecular complexity index is 969. The fourth-order valence-corrected chi connectivity index (χ4v) is 4.37. The molecule has 0 unspecified atom stereocenters. The molecule has 5 rings (SSSR count). The van der Waals surface area contributed by atoms with Crippen LogP contribution in [0.15, 0.2) is 24.8 Å². The largest absolute Gasteiger partial charge is 0.374 e. The molecule has 2 aliphatic heterocycles. The molecule has 158 valence electrons. The molecule has 3 heterocycles. The average molecular weight is 409 g/mol. The van der Waals surface area contributed by atoms with Crippen LogP contribution in [0.1, 0.15) is 24.3 Å². The smallest absolute Gasteiger partial charge is 0.246 e. The summed E-state index contributed by atoms with van der Waals surface area (Å²) in [4.78, 5) is 30.5. The van der Waals surface area contributed by atoms with Crippen LogP contribution >= 0.6 is 0 Å². The van der Waals surface area contributed by atoms with Gasteiger partial charge in [-0.2, -0.15) is 15.4 Å². The van der Waals surface area contributed by atoms with Crippen LogP contribution in [0.2, 0.25) is 0 Å². The van der Waals surface area contributed by atoms with Gasteiger partial charge in [0, 0.05) is 45.3 Å². The monoisotopic (exact) mass is 409 g/mol. The number of hydrogen-bond acceptors (Lipinski definition) is 6. The Kier molecular flexibility index (Phi) is 4.90. The minimum atomic E-state index is -0.00175. The van der Waals surface area contributed by atoms with Gasteiger partial charge in [0.25, 0.3) is 0 Å². The van der Waals surface area contributed by atoms with Gasteiger partial charge in [-0.25, -0.2) is 0 Å². The third-order valence-corrected chi connectivity index (χ3v) is 6.46. The molecule has 0 spiro atoms. The molecule has 0 bridgehead atoms. The first-order chi connectivity index (χ1) is 14.6. The molecule has 2 aromatic rings. The van der Waals surface area contributed by atoms with Gasteiger partial charge in [-0.1, -0.05) is 6.58 Å². The van der Waals surface area contributed by atoms with Crippen LogP contribution in [0.3, 0.4) is 0 Å². The van der Waals surface area contributed by atoms with Gasteiger partial charge in [-0.05, 0) is 42.5 Å². The number of piperazine rings is 1. The molecule has 9 heteroatoms. The molecular formula is C21H27N7O2. The lowest BCUT2D eigenvalue weighted by Crippen LogP contribution is -2.64. The molecule has 2 amide bonds. The lowest BCUT2D eigenvalue weighted by molar-refractivity contribution is -0.135. The van der Waals surface area contributed by atoms with Crippen molar-refractivity contribution in [2.45, 2.75) is 24.8 Å². The Labute approximate surface area is 175 Å². The van der Waals surface area contributed by atoms with E-state index in [1.165, 1.54) is 24.5 Å². The van der Waals surface area contributed by atoms with Crippen molar-refractivity contribution in [2.75, 3.05) is 51.1 Å². The third kappa shape index (κ3) is 3.65. The first-order valence-electron chi connectivity index (χ1n) is 10.6. The van der Waals surface area contributed by atoms with Gasteiger partial charge in [0.2, 0.25) is 11.8 Å². The number of carbonyl (C=O) groups is 2. The van der Waals surface area contributed by atoms with E-state index in [4.69, 9.17) is 0 Å². The highest BCUT2D eigenvalue weighted by molar-refractivity contribution is 5.91. The molecule has 0 radical (unpaired) electrons. The highest BCUT2D eigenvalue weighted by atomic mass is 16.2. The van der Waals surface area contributed by atoms with Gasteiger partial charge in [0.1, 0.15) is 11.0 Å². The number of nitrogens with zero attached hydrogens (tertiary/aromatic N) is 5. The van der Waals surface area contributed by atoms with Crippen molar-refractivity contribution in [3.8, 4) is 0 Å². The highest BCUT2D eigenvalue weighted by Crippen LogP contribution is 2.42. The number of carbonyl (C=O) groups excluding carboxylic acids is 2. The number of fused-ring (bicyclic) bond motifs is 1. The molecular weight excluding hydrogens is 382 g/mol. The minimum Gasteiger partial charge on any atom is -0.374 e. The van der Waals surface area contributed by atoms with Gasteiger partial charge in [-0.3, -0.25) is 14.5 Å². The van der Waals surface area contributed by atoms with E-state index in [2.05, 4.69) is 44.3 Å². The van der Waals surface area contributed by atoms with Crippen molar-refractivity contribution in [1.82, 2.24) is 30.1 Å². The van der Waals surface area contributed by atoms with Gasteiger partial charge in [-0.15, -0.1) is 0 Å². The van der Waals surface area contributed by atoms with Gasteiger partial charge >= 0.3 is 0 Å². The van der Waals surface area contributed by atoms with E-state index in [1.54, 1.807) is 4.90 Å². The van der Waals surface area contributed by atoms with Crippen LogP contribution in [0, 0.1) is 0 Å². The fourth-order valence-electron chi connectivity index (χ4n) is 4.37. The third-order valence-electron chi connectivity index (χ3n) is 6.46. The number of benzene rings is 1. The molecule has 3 fully saturated rings. The number of hydrogen-bond donors (Lipinski definition) is 2. The lowest BCUT2D eigenvalue weighted by Gasteiger charge is -2.47. The second-order valence-corrected chi connectivity index (χ2v) is 8.41. The van der Waals surface area contributed by atoms with Crippen LogP contribution < -0.4 is 5.32 Å². The molecule has 1 aromatic heterocycles. The number of rotatable bonds is 6. The maximum absolute atomic E-state index is 12.8. The van der Waals surface area contributed by atoms with Crippen molar-refractivity contribution in [2.24, 2.45) is 0 Å². The Morgan fingerprint density at radius 3 is 2.60 bits per heavy atom. The second kappa shape index (κ2) is 7.71. The first-order valence-corrected chi connectivity index (χ1v) is 10.6. The summed E-state index contributed by atoms with van der Waals surface area (Å²) in [5.41, 5.74) is 3.76. The summed E-state index contributed by atoms with van der Waals surface area (Å²) in [6.07, 6.45) is 3.80. The number of likely N-dealkylation sites (tertiary alicyclic amines) is 1. The molecule has 1 aliphatic carbocycles. The van der Waals surface area contributed by atoms with Crippen molar-refractivity contribution in [1.29, 1.82) is 0 Å². The normalized spacial score (nSPS) is 20.3. The lowest BCUT2D eigenvalue weighted by atomic mass is 10.1. The Morgan fingerprint density at radius 1 is 1.13 bits per heavy atom. The maximum atomic E-state index is 12.8. The predicted molar refractivity (Wildman–Crippen MR) is 113 cm³/mol. The minimum absolute atomic E-state index is 0.00175. The molecule has 1 saturated carbocycles. The number of amides is 2. The van der Waals surface area contributed by atoms with E-state index in [0.717, 1.165) is 42.9 Å². The Balaban J connectivity index is 1.13. The van der Waals surface area contributed by atoms with E-state index in [-0.39, 0.29) is 18.4 Å². The van der Waals surface area contributed by atoms with Gasteiger partial charge in [0.15, 0.2) is 0 Å². The SMILES string of the molecule is C=CC(=O)N1CC(N2CCN(C(=O)CNc3cc(C4CC4)cc4n[nH]nc34)CC2)C1. The molecule has 30 heavy (non-hydrogen) atoms. The molecule has 9 nitrogen and oxygen atoms in total. The number of nitrogens with one attached hydrogen (secondary N) is 2. The maximum Gasteiger partial charge on any atom is 0.246 e. The quantitative estimate of drug-likeness (QED) is 0.685.